The first-order valence-corrected chi connectivity index (χ1v) is 8.51. The summed E-state index contributed by atoms with van der Waals surface area (Å²) in [4.78, 5) is 29.0. The molecular formula is C16H17N3O4S. The van der Waals surface area contributed by atoms with Crippen LogP contribution in [0.1, 0.15) is 10.4 Å². The minimum atomic E-state index is -0.968. The number of hydrogen-bond acceptors (Lipinski definition) is 5. The van der Waals surface area contributed by atoms with E-state index in [2.05, 4.69) is 4.98 Å². The van der Waals surface area contributed by atoms with E-state index in [0.717, 1.165) is 5.75 Å². The summed E-state index contributed by atoms with van der Waals surface area (Å²) in [5, 5.41) is 8.84. The van der Waals surface area contributed by atoms with Crippen molar-refractivity contribution in [2.24, 2.45) is 0 Å². The fourth-order valence-electron chi connectivity index (χ4n) is 2.43. The topological polar surface area (TPSA) is 84.7 Å². The summed E-state index contributed by atoms with van der Waals surface area (Å²) in [6.07, 6.45) is 5.03. The molecule has 0 spiro atoms. The van der Waals surface area contributed by atoms with Gasteiger partial charge in [0.25, 0.3) is 0 Å². The summed E-state index contributed by atoms with van der Waals surface area (Å²) in [5.74, 6) is 0.535. The van der Waals surface area contributed by atoms with Gasteiger partial charge < -0.3 is 19.3 Å². The minimum absolute atomic E-state index is 0.0350. The molecule has 0 radical (unpaired) electrons. The van der Waals surface area contributed by atoms with Crippen LogP contribution in [0.4, 0.5) is 0 Å². The number of benzene rings is 1. The van der Waals surface area contributed by atoms with Gasteiger partial charge in [-0.15, -0.1) is 11.8 Å². The van der Waals surface area contributed by atoms with Gasteiger partial charge in [0.1, 0.15) is 24.3 Å². The van der Waals surface area contributed by atoms with E-state index in [9.17, 15) is 9.59 Å². The number of ether oxygens (including phenoxy) is 1. The summed E-state index contributed by atoms with van der Waals surface area (Å²) in [5.41, 5.74) is 0.217. The van der Waals surface area contributed by atoms with Crippen LogP contribution in [0.5, 0.6) is 5.75 Å². The fraction of sp³-hybridized carbons (Fsp3) is 0.312. The molecule has 1 aromatic carbocycles. The van der Waals surface area contributed by atoms with Gasteiger partial charge in [-0.3, -0.25) is 4.79 Å². The molecule has 0 aliphatic carbocycles. The maximum atomic E-state index is 12.4. The number of aromatic carboxylic acids is 1. The van der Waals surface area contributed by atoms with Crippen LogP contribution in [0, 0.1) is 0 Å². The average molecular weight is 347 g/mol. The van der Waals surface area contributed by atoms with E-state index in [1.807, 2.05) is 4.90 Å². The van der Waals surface area contributed by atoms with Gasteiger partial charge in [-0.1, -0.05) is 0 Å². The second kappa shape index (κ2) is 7.39. The van der Waals surface area contributed by atoms with Crippen molar-refractivity contribution in [1.29, 1.82) is 0 Å². The van der Waals surface area contributed by atoms with Crippen LogP contribution >= 0.6 is 11.8 Å². The molecule has 0 bridgehead atoms. The van der Waals surface area contributed by atoms with Gasteiger partial charge in [-0.05, 0) is 24.3 Å². The maximum absolute atomic E-state index is 12.4. The average Bonchev–Trinajstić information content (AvgIpc) is 3.24. The predicted octanol–water partition coefficient (Wildman–Crippen LogP) is 1.56. The number of carbonyl (C=O) groups excluding carboxylic acids is 1. The third-order valence-corrected chi connectivity index (χ3v) is 4.87. The van der Waals surface area contributed by atoms with Crippen LogP contribution in [0.15, 0.2) is 43.0 Å². The number of rotatable bonds is 6. The molecule has 1 amide bonds. The van der Waals surface area contributed by atoms with Crippen molar-refractivity contribution in [2.45, 2.75) is 11.9 Å². The Morgan fingerprint density at radius 1 is 1.33 bits per heavy atom. The first kappa shape index (κ1) is 16.4. The summed E-state index contributed by atoms with van der Waals surface area (Å²) in [7, 11) is 0. The number of nitrogens with zero attached hydrogens (tertiary/aromatic N) is 3. The molecule has 1 unspecified atom stereocenters. The zero-order valence-corrected chi connectivity index (χ0v) is 13.7. The lowest BCUT2D eigenvalue weighted by molar-refractivity contribution is -0.132. The Kier molecular flexibility index (Phi) is 5.05. The predicted molar refractivity (Wildman–Crippen MR) is 89.1 cm³/mol. The number of aromatic nitrogens is 2. The maximum Gasteiger partial charge on any atom is 0.335 e. The highest BCUT2D eigenvalue weighted by atomic mass is 32.2. The second-order valence-corrected chi connectivity index (χ2v) is 6.57. The summed E-state index contributed by atoms with van der Waals surface area (Å²) in [6, 6.07) is 6.25. The molecule has 7 nitrogen and oxygen atoms in total. The molecule has 1 aromatic heterocycles. The van der Waals surface area contributed by atoms with Gasteiger partial charge in [-0.25, -0.2) is 9.78 Å². The highest BCUT2D eigenvalue weighted by molar-refractivity contribution is 8.00. The monoisotopic (exact) mass is 347 g/mol. The Morgan fingerprint density at radius 3 is 2.79 bits per heavy atom. The van der Waals surface area contributed by atoms with Gasteiger partial charge in [0.2, 0.25) is 5.91 Å². The van der Waals surface area contributed by atoms with E-state index in [1.54, 1.807) is 47.2 Å². The smallest absolute Gasteiger partial charge is 0.335 e. The Balaban J connectivity index is 1.55. The van der Waals surface area contributed by atoms with Crippen LogP contribution in [-0.4, -0.2) is 55.7 Å². The van der Waals surface area contributed by atoms with E-state index < -0.39 is 5.97 Å². The molecule has 126 valence electrons. The van der Waals surface area contributed by atoms with E-state index in [0.29, 0.717) is 18.9 Å². The summed E-state index contributed by atoms with van der Waals surface area (Å²) >= 11 is 1.68. The third kappa shape index (κ3) is 3.88. The number of imidazole rings is 1. The van der Waals surface area contributed by atoms with Crippen molar-refractivity contribution in [2.75, 3.05) is 18.9 Å². The first-order chi connectivity index (χ1) is 11.6. The standard InChI is InChI=1S/C16H17N3O4S/c20-14(9-18-6-5-17-11-18)19-7-8-24-15(19)10-23-13-3-1-12(2-4-13)16(21)22/h1-6,11,15H,7-10H2,(H,21,22). The van der Waals surface area contributed by atoms with Crippen LogP contribution in [0.2, 0.25) is 0 Å². The molecule has 8 heteroatoms. The highest BCUT2D eigenvalue weighted by Gasteiger charge is 2.29. The van der Waals surface area contributed by atoms with Crippen molar-refractivity contribution >= 4 is 23.6 Å². The van der Waals surface area contributed by atoms with E-state index >= 15 is 0 Å². The van der Waals surface area contributed by atoms with Crippen molar-refractivity contribution in [3.63, 3.8) is 0 Å². The zero-order chi connectivity index (χ0) is 16.9. The van der Waals surface area contributed by atoms with Crippen molar-refractivity contribution in [3.05, 3.63) is 48.5 Å². The molecule has 2 aromatic rings. The summed E-state index contributed by atoms with van der Waals surface area (Å²) in [6.45, 7) is 1.33. The molecule has 2 heterocycles. The Morgan fingerprint density at radius 2 is 2.12 bits per heavy atom. The van der Waals surface area contributed by atoms with Crippen LogP contribution in [0.3, 0.4) is 0 Å². The van der Waals surface area contributed by atoms with Crippen molar-refractivity contribution < 1.29 is 19.4 Å². The normalized spacial score (nSPS) is 17.0. The van der Waals surface area contributed by atoms with Crippen LogP contribution < -0.4 is 4.74 Å². The molecule has 1 fully saturated rings. The van der Waals surface area contributed by atoms with Gasteiger partial charge in [-0.2, -0.15) is 0 Å². The van der Waals surface area contributed by atoms with Crippen molar-refractivity contribution in [3.8, 4) is 5.75 Å². The first-order valence-electron chi connectivity index (χ1n) is 7.46. The molecular weight excluding hydrogens is 330 g/mol. The van der Waals surface area contributed by atoms with Crippen molar-refractivity contribution in [1.82, 2.24) is 14.5 Å². The number of carboxylic acid groups (broad SMARTS) is 1. The fourth-order valence-corrected chi connectivity index (χ4v) is 3.57. The Bertz CT molecular complexity index is 703. The Hall–Kier alpha value is -2.48. The SMILES string of the molecule is O=C(O)c1ccc(OCC2SCCN2C(=O)Cn2ccnc2)cc1. The molecule has 1 aliphatic rings. The van der Waals surface area contributed by atoms with E-state index in [4.69, 9.17) is 9.84 Å². The molecule has 24 heavy (non-hydrogen) atoms. The molecule has 0 saturated carbocycles. The Labute approximate surface area is 143 Å². The van der Waals surface area contributed by atoms with Gasteiger partial charge in [0.05, 0.1) is 11.9 Å². The quantitative estimate of drug-likeness (QED) is 0.854. The number of carboxylic acids is 1. The third-order valence-electron chi connectivity index (χ3n) is 3.68. The lowest BCUT2D eigenvalue weighted by atomic mass is 10.2. The molecule has 3 rings (SSSR count). The van der Waals surface area contributed by atoms with Gasteiger partial charge in [0.15, 0.2) is 0 Å². The van der Waals surface area contributed by atoms with Crippen LogP contribution in [-0.2, 0) is 11.3 Å². The van der Waals surface area contributed by atoms with Crippen LogP contribution in [0.25, 0.3) is 0 Å². The number of amides is 1. The van der Waals surface area contributed by atoms with E-state index in [1.165, 1.54) is 12.1 Å². The van der Waals surface area contributed by atoms with Gasteiger partial charge >= 0.3 is 5.97 Å². The summed E-state index contributed by atoms with van der Waals surface area (Å²) < 4.78 is 7.46. The number of thioether (sulfide) groups is 1. The molecule has 1 aliphatic heterocycles. The second-order valence-electron chi connectivity index (χ2n) is 5.29. The van der Waals surface area contributed by atoms with Gasteiger partial charge in [0, 0.05) is 24.7 Å². The lowest BCUT2D eigenvalue weighted by Gasteiger charge is -2.24. The minimum Gasteiger partial charge on any atom is -0.491 e. The number of carbonyl (C=O) groups is 2. The highest BCUT2D eigenvalue weighted by Crippen LogP contribution is 2.25. The molecule has 1 N–H and O–H groups in total. The van der Waals surface area contributed by atoms with E-state index in [-0.39, 0.29) is 23.4 Å². The molecule has 1 atom stereocenters. The number of hydrogen-bond donors (Lipinski definition) is 1. The largest absolute Gasteiger partial charge is 0.491 e. The zero-order valence-electron chi connectivity index (χ0n) is 12.9. The lowest BCUT2D eigenvalue weighted by Crippen LogP contribution is -2.39. The molecule has 1 saturated heterocycles.